The van der Waals surface area contributed by atoms with E-state index in [2.05, 4.69) is 10.3 Å². The molecule has 1 atom stereocenters. The summed E-state index contributed by atoms with van der Waals surface area (Å²) < 4.78 is 36.6. The predicted octanol–water partition coefficient (Wildman–Crippen LogP) is 1.59. The van der Waals surface area contributed by atoms with Gasteiger partial charge in [0.25, 0.3) is 0 Å². The molecule has 0 aromatic carbocycles. The first kappa shape index (κ1) is 17.1. The fourth-order valence-corrected chi connectivity index (χ4v) is 1.81. The molecule has 0 radical (unpaired) electrons. The smallest absolute Gasteiger partial charge is 0.354 e. The van der Waals surface area contributed by atoms with Gasteiger partial charge in [-0.15, -0.1) is 23.7 Å². The number of carbonyl (C=O) groups excluding carboxylic acids is 1. The normalized spacial score (nSPS) is 12.7. The molecule has 1 aromatic rings. The van der Waals surface area contributed by atoms with Crippen LogP contribution in [-0.4, -0.2) is 23.5 Å². The summed E-state index contributed by atoms with van der Waals surface area (Å²) in [4.78, 5) is 14.5. The first-order chi connectivity index (χ1) is 7.80. The van der Waals surface area contributed by atoms with E-state index >= 15 is 0 Å². The van der Waals surface area contributed by atoms with E-state index in [-0.39, 0.29) is 31.3 Å². The topological polar surface area (TPSA) is 68.0 Å². The number of hydrogen-bond acceptors (Lipinski definition) is 4. The highest BCUT2D eigenvalue weighted by atomic mass is 35.5. The van der Waals surface area contributed by atoms with Crippen molar-refractivity contribution in [2.45, 2.75) is 25.6 Å². The molecule has 0 aliphatic rings. The van der Waals surface area contributed by atoms with Gasteiger partial charge in [0.1, 0.15) is 0 Å². The maximum absolute atomic E-state index is 12.2. The molecule has 1 rings (SSSR count). The maximum atomic E-state index is 12.2. The molecule has 0 unspecified atom stereocenters. The first-order valence-electron chi connectivity index (χ1n) is 4.85. The van der Waals surface area contributed by atoms with E-state index in [1.165, 1.54) is 6.92 Å². The van der Waals surface area contributed by atoms with E-state index in [1.807, 2.05) is 0 Å². The van der Waals surface area contributed by atoms with Crippen molar-refractivity contribution in [1.29, 1.82) is 0 Å². The van der Waals surface area contributed by atoms with Crippen LogP contribution in [0.15, 0.2) is 5.38 Å². The van der Waals surface area contributed by atoms with Gasteiger partial charge < -0.3 is 11.1 Å². The van der Waals surface area contributed by atoms with Crippen LogP contribution < -0.4 is 11.1 Å². The van der Waals surface area contributed by atoms with Crippen molar-refractivity contribution in [3.05, 3.63) is 16.1 Å². The Morgan fingerprint density at radius 1 is 1.61 bits per heavy atom. The third-order valence-corrected chi connectivity index (χ3v) is 2.80. The average molecular weight is 304 g/mol. The minimum Gasteiger partial charge on any atom is -0.354 e. The molecule has 104 valence electrons. The number of nitrogens with two attached hydrogens (primary N) is 1. The standard InChI is InChI=1S/C9H12F3N3OS.ClH/c1-5(13)8(16)14-3-2-7-15-6(4-17-7)9(10,11)12;/h4-5H,2-3,13H2,1H3,(H,14,16);1H/t5-;/m1./s1. The molecule has 18 heavy (non-hydrogen) atoms. The van der Waals surface area contributed by atoms with E-state index in [4.69, 9.17) is 5.73 Å². The fraction of sp³-hybridized carbons (Fsp3) is 0.556. The predicted molar refractivity (Wildman–Crippen MR) is 64.7 cm³/mol. The number of halogens is 4. The third-order valence-electron chi connectivity index (χ3n) is 1.89. The number of nitrogens with one attached hydrogen (secondary N) is 1. The molecule has 0 aliphatic carbocycles. The Labute approximate surface area is 112 Å². The Morgan fingerprint density at radius 3 is 2.67 bits per heavy atom. The van der Waals surface area contributed by atoms with E-state index < -0.39 is 17.9 Å². The van der Waals surface area contributed by atoms with Crippen LogP contribution in [0.1, 0.15) is 17.6 Å². The Morgan fingerprint density at radius 2 is 2.22 bits per heavy atom. The molecule has 0 spiro atoms. The van der Waals surface area contributed by atoms with Gasteiger partial charge in [-0.3, -0.25) is 4.79 Å². The molecule has 0 fully saturated rings. The SMILES string of the molecule is C[C@@H](N)C(=O)NCCc1nc(C(F)(F)F)cs1.Cl. The highest BCUT2D eigenvalue weighted by Gasteiger charge is 2.33. The van der Waals surface area contributed by atoms with E-state index in [0.29, 0.717) is 5.01 Å². The quantitative estimate of drug-likeness (QED) is 0.887. The lowest BCUT2D eigenvalue weighted by atomic mass is 10.3. The largest absolute Gasteiger partial charge is 0.434 e. The van der Waals surface area contributed by atoms with Gasteiger partial charge in [0.05, 0.1) is 11.0 Å². The van der Waals surface area contributed by atoms with Crippen molar-refractivity contribution in [3.8, 4) is 0 Å². The molecule has 1 amide bonds. The van der Waals surface area contributed by atoms with Crippen LogP contribution >= 0.6 is 23.7 Å². The average Bonchev–Trinajstić information content (AvgIpc) is 2.65. The van der Waals surface area contributed by atoms with Crippen molar-refractivity contribution in [2.24, 2.45) is 5.73 Å². The van der Waals surface area contributed by atoms with E-state index in [0.717, 1.165) is 16.7 Å². The minimum absolute atomic E-state index is 0. The van der Waals surface area contributed by atoms with Gasteiger partial charge in [-0.2, -0.15) is 13.2 Å². The van der Waals surface area contributed by atoms with Crippen LogP contribution in [0, 0.1) is 0 Å². The lowest BCUT2D eigenvalue weighted by Crippen LogP contribution is -2.39. The molecule has 0 saturated carbocycles. The molecule has 9 heteroatoms. The zero-order chi connectivity index (χ0) is 13.1. The summed E-state index contributed by atoms with van der Waals surface area (Å²) in [5, 5.41) is 3.80. The molecular formula is C9H13ClF3N3OS. The zero-order valence-corrected chi connectivity index (χ0v) is 11.1. The zero-order valence-electron chi connectivity index (χ0n) is 9.45. The number of hydrogen-bond donors (Lipinski definition) is 2. The van der Waals surface area contributed by atoms with Crippen molar-refractivity contribution in [2.75, 3.05) is 6.54 Å². The molecule has 4 nitrogen and oxygen atoms in total. The minimum atomic E-state index is -4.41. The molecule has 1 aromatic heterocycles. The van der Waals surface area contributed by atoms with Gasteiger partial charge in [-0.25, -0.2) is 4.98 Å². The molecule has 1 heterocycles. The summed E-state index contributed by atoms with van der Waals surface area (Å²) in [6.45, 7) is 1.76. The van der Waals surface area contributed by atoms with Crippen molar-refractivity contribution in [1.82, 2.24) is 10.3 Å². The van der Waals surface area contributed by atoms with Gasteiger partial charge in [0, 0.05) is 18.3 Å². The van der Waals surface area contributed by atoms with Crippen molar-refractivity contribution in [3.63, 3.8) is 0 Å². The second-order valence-electron chi connectivity index (χ2n) is 3.45. The monoisotopic (exact) mass is 303 g/mol. The Hall–Kier alpha value is -0.860. The first-order valence-corrected chi connectivity index (χ1v) is 5.73. The van der Waals surface area contributed by atoms with Crippen LogP contribution in [0.3, 0.4) is 0 Å². The summed E-state index contributed by atoms with van der Waals surface area (Å²) >= 11 is 0.923. The van der Waals surface area contributed by atoms with Gasteiger partial charge in [-0.05, 0) is 6.92 Å². The van der Waals surface area contributed by atoms with Crippen molar-refractivity contribution < 1.29 is 18.0 Å². The second kappa shape index (κ2) is 6.91. The van der Waals surface area contributed by atoms with Crippen LogP contribution in [0.5, 0.6) is 0 Å². The molecular weight excluding hydrogens is 291 g/mol. The molecule has 0 bridgehead atoms. The summed E-state index contributed by atoms with van der Waals surface area (Å²) in [7, 11) is 0. The summed E-state index contributed by atoms with van der Waals surface area (Å²) in [5.74, 6) is -0.336. The summed E-state index contributed by atoms with van der Waals surface area (Å²) in [6.07, 6.45) is -4.15. The lowest BCUT2D eigenvalue weighted by Gasteiger charge is -2.06. The van der Waals surface area contributed by atoms with Crippen LogP contribution in [0.2, 0.25) is 0 Å². The number of amides is 1. The van der Waals surface area contributed by atoms with Gasteiger partial charge in [0.2, 0.25) is 5.91 Å². The van der Waals surface area contributed by atoms with Gasteiger partial charge in [0.15, 0.2) is 5.69 Å². The Bertz CT molecular complexity index is 395. The van der Waals surface area contributed by atoms with Crippen molar-refractivity contribution >= 4 is 29.7 Å². The number of alkyl halides is 3. The van der Waals surface area contributed by atoms with Crippen LogP contribution in [-0.2, 0) is 17.4 Å². The Balaban J connectivity index is 0.00000289. The number of carbonyl (C=O) groups is 1. The van der Waals surface area contributed by atoms with Crippen LogP contribution in [0.4, 0.5) is 13.2 Å². The number of rotatable bonds is 4. The second-order valence-corrected chi connectivity index (χ2v) is 4.40. The van der Waals surface area contributed by atoms with E-state index in [1.54, 1.807) is 0 Å². The molecule has 3 N–H and O–H groups in total. The fourth-order valence-electron chi connectivity index (χ4n) is 1.01. The molecule has 0 saturated heterocycles. The van der Waals surface area contributed by atoms with Gasteiger partial charge in [-0.1, -0.05) is 0 Å². The third kappa shape index (κ3) is 5.19. The number of thiazole rings is 1. The highest BCUT2D eigenvalue weighted by Crippen LogP contribution is 2.29. The van der Waals surface area contributed by atoms with Crippen LogP contribution in [0.25, 0.3) is 0 Å². The summed E-state index contributed by atoms with van der Waals surface area (Å²) in [6, 6.07) is -0.628. The maximum Gasteiger partial charge on any atom is 0.434 e. The highest BCUT2D eigenvalue weighted by molar-refractivity contribution is 7.09. The molecule has 0 aliphatic heterocycles. The lowest BCUT2D eigenvalue weighted by molar-refractivity contribution is -0.140. The van der Waals surface area contributed by atoms with E-state index in [9.17, 15) is 18.0 Å². The van der Waals surface area contributed by atoms with Gasteiger partial charge >= 0.3 is 6.18 Å². The number of nitrogens with zero attached hydrogens (tertiary/aromatic N) is 1. The summed E-state index contributed by atoms with van der Waals surface area (Å²) in [5.41, 5.74) is 4.41. The Kier molecular flexibility index (Phi) is 6.58. The number of aromatic nitrogens is 1.